The number of carbonyl (C=O) groups is 1. The van der Waals surface area contributed by atoms with Crippen LogP contribution in [0.2, 0.25) is 0 Å². The van der Waals surface area contributed by atoms with Crippen molar-refractivity contribution in [1.82, 2.24) is 9.62 Å². The summed E-state index contributed by atoms with van der Waals surface area (Å²) in [6, 6.07) is 15.0. The lowest BCUT2D eigenvalue weighted by atomic mass is 10.1. The van der Waals surface area contributed by atoms with Crippen LogP contribution in [0.5, 0.6) is 0 Å². The molecule has 2 rings (SSSR count). The highest BCUT2D eigenvalue weighted by Gasteiger charge is 2.24. The van der Waals surface area contributed by atoms with E-state index in [-0.39, 0.29) is 47.4 Å². The lowest BCUT2D eigenvalue weighted by Crippen LogP contribution is -2.34. The summed E-state index contributed by atoms with van der Waals surface area (Å²) >= 11 is 0. The van der Waals surface area contributed by atoms with Crippen LogP contribution in [0.25, 0.3) is 0 Å². The molecule has 3 N–H and O–H groups in total. The Morgan fingerprint density at radius 3 is 2.33 bits per heavy atom. The molecule has 6 nitrogen and oxygen atoms in total. The van der Waals surface area contributed by atoms with Crippen LogP contribution in [-0.4, -0.2) is 38.3 Å². The Morgan fingerprint density at radius 2 is 1.74 bits per heavy atom. The number of hydrogen-bond donors (Lipinski definition) is 2. The fraction of sp³-hybridized carbons (Fsp3) is 0.316. The third kappa shape index (κ3) is 5.77. The van der Waals surface area contributed by atoms with Gasteiger partial charge >= 0.3 is 0 Å². The Hall–Kier alpha value is -1.93. The van der Waals surface area contributed by atoms with Crippen molar-refractivity contribution in [3.63, 3.8) is 0 Å². The molecule has 27 heavy (non-hydrogen) atoms. The van der Waals surface area contributed by atoms with E-state index in [4.69, 9.17) is 5.73 Å². The number of nitrogens with zero attached hydrogens (tertiary/aromatic N) is 1. The topological polar surface area (TPSA) is 92.5 Å². The number of benzene rings is 2. The van der Waals surface area contributed by atoms with Crippen molar-refractivity contribution in [2.45, 2.75) is 30.8 Å². The first kappa shape index (κ1) is 23.1. The van der Waals surface area contributed by atoms with Crippen molar-refractivity contribution in [3.05, 3.63) is 65.7 Å². The molecular formula is C19H26ClN3O3S. The van der Waals surface area contributed by atoms with Crippen LogP contribution >= 0.6 is 12.4 Å². The molecule has 0 saturated heterocycles. The normalized spacial score (nSPS) is 12.5. The SMILES string of the molecule is CC(C)N(C)S(=O)(=O)c1cccc(C(=O)NCC(N)c2ccccc2)c1.Cl. The minimum atomic E-state index is -3.64. The minimum absolute atomic E-state index is 0. The zero-order chi connectivity index (χ0) is 19.3. The lowest BCUT2D eigenvalue weighted by molar-refractivity contribution is 0.0951. The molecule has 0 aromatic heterocycles. The van der Waals surface area contributed by atoms with Crippen LogP contribution in [0.3, 0.4) is 0 Å². The first-order chi connectivity index (χ1) is 12.2. The van der Waals surface area contributed by atoms with Gasteiger partial charge in [0, 0.05) is 31.2 Å². The zero-order valence-electron chi connectivity index (χ0n) is 15.6. The van der Waals surface area contributed by atoms with Crippen LogP contribution in [0.4, 0.5) is 0 Å². The molecule has 2 aromatic carbocycles. The average Bonchev–Trinajstić information content (AvgIpc) is 2.65. The highest BCUT2D eigenvalue weighted by atomic mass is 35.5. The fourth-order valence-corrected chi connectivity index (χ4v) is 3.78. The van der Waals surface area contributed by atoms with E-state index in [2.05, 4.69) is 5.32 Å². The average molecular weight is 412 g/mol. The van der Waals surface area contributed by atoms with E-state index in [0.29, 0.717) is 0 Å². The summed E-state index contributed by atoms with van der Waals surface area (Å²) in [6.45, 7) is 3.84. The molecule has 0 heterocycles. The number of hydrogen-bond acceptors (Lipinski definition) is 4. The molecule has 0 fully saturated rings. The minimum Gasteiger partial charge on any atom is -0.350 e. The Balaban J connectivity index is 0.00000364. The summed E-state index contributed by atoms with van der Waals surface area (Å²) in [4.78, 5) is 12.5. The molecule has 148 valence electrons. The van der Waals surface area contributed by atoms with E-state index in [1.165, 1.54) is 23.5 Å². The van der Waals surface area contributed by atoms with Crippen molar-refractivity contribution in [1.29, 1.82) is 0 Å². The summed E-state index contributed by atoms with van der Waals surface area (Å²) in [7, 11) is -2.12. The molecule has 1 unspecified atom stereocenters. The van der Waals surface area contributed by atoms with Gasteiger partial charge in [0.15, 0.2) is 0 Å². The van der Waals surface area contributed by atoms with Crippen LogP contribution in [0, 0.1) is 0 Å². The third-order valence-electron chi connectivity index (χ3n) is 4.21. The van der Waals surface area contributed by atoms with Gasteiger partial charge in [0.1, 0.15) is 0 Å². The van der Waals surface area contributed by atoms with Gasteiger partial charge in [0.25, 0.3) is 5.91 Å². The van der Waals surface area contributed by atoms with Crippen LogP contribution in [0.1, 0.15) is 35.8 Å². The maximum Gasteiger partial charge on any atom is 0.251 e. The van der Waals surface area contributed by atoms with Crippen LogP contribution in [-0.2, 0) is 10.0 Å². The molecule has 8 heteroatoms. The Labute approximate surface area is 167 Å². The number of nitrogens with one attached hydrogen (secondary N) is 1. The van der Waals surface area contributed by atoms with Gasteiger partial charge in [-0.05, 0) is 37.6 Å². The predicted molar refractivity (Wildman–Crippen MR) is 109 cm³/mol. The molecule has 0 aliphatic rings. The van der Waals surface area contributed by atoms with Crippen molar-refractivity contribution in [3.8, 4) is 0 Å². The standard InChI is InChI=1S/C19H25N3O3S.ClH/c1-14(2)22(3)26(24,25)17-11-7-10-16(12-17)19(23)21-13-18(20)15-8-5-4-6-9-15;/h4-12,14,18H,13,20H2,1-3H3,(H,21,23);1H. The van der Waals surface area contributed by atoms with Crippen molar-refractivity contribution >= 4 is 28.3 Å². The summed E-state index contributed by atoms with van der Waals surface area (Å²) in [5, 5.41) is 2.76. The zero-order valence-corrected chi connectivity index (χ0v) is 17.3. The van der Waals surface area contributed by atoms with E-state index in [1.54, 1.807) is 26.0 Å². The summed E-state index contributed by atoms with van der Waals surface area (Å²) in [5.41, 5.74) is 7.28. The number of sulfonamides is 1. The second-order valence-electron chi connectivity index (χ2n) is 6.37. The van der Waals surface area contributed by atoms with Gasteiger partial charge in [-0.25, -0.2) is 8.42 Å². The maximum atomic E-state index is 12.6. The van der Waals surface area contributed by atoms with Crippen LogP contribution < -0.4 is 11.1 Å². The second-order valence-corrected chi connectivity index (χ2v) is 8.37. The predicted octanol–water partition coefficient (Wildman–Crippen LogP) is 2.57. The van der Waals surface area contributed by atoms with E-state index in [1.807, 2.05) is 30.3 Å². The Bertz CT molecular complexity index is 858. The first-order valence-corrected chi connectivity index (χ1v) is 9.84. The Kier molecular flexibility index (Phi) is 8.43. The quantitative estimate of drug-likeness (QED) is 0.732. The third-order valence-corrected chi connectivity index (χ3v) is 6.24. The van der Waals surface area contributed by atoms with Crippen molar-refractivity contribution < 1.29 is 13.2 Å². The summed E-state index contributed by atoms with van der Waals surface area (Å²) < 4.78 is 26.4. The first-order valence-electron chi connectivity index (χ1n) is 8.40. The van der Waals surface area contributed by atoms with E-state index < -0.39 is 10.0 Å². The number of rotatable bonds is 7. The molecule has 0 bridgehead atoms. The van der Waals surface area contributed by atoms with E-state index >= 15 is 0 Å². The van der Waals surface area contributed by atoms with Gasteiger partial charge in [0.05, 0.1) is 4.90 Å². The monoisotopic (exact) mass is 411 g/mol. The molecule has 0 aliphatic carbocycles. The Morgan fingerprint density at radius 1 is 1.11 bits per heavy atom. The molecule has 0 saturated carbocycles. The number of halogens is 1. The second kappa shape index (κ2) is 9.85. The van der Waals surface area contributed by atoms with Crippen molar-refractivity contribution in [2.24, 2.45) is 5.73 Å². The molecule has 0 aliphatic heterocycles. The number of amides is 1. The van der Waals surface area contributed by atoms with Gasteiger partial charge in [0.2, 0.25) is 10.0 Å². The molecule has 0 spiro atoms. The van der Waals surface area contributed by atoms with E-state index in [0.717, 1.165) is 5.56 Å². The van der Waals surface area contributed by atoms with Gasteiger partial charge in [-0.3, -0.25) is 4.79 Å². The van der Waals surface area contributed by atoms with Gasteiger partial charge in [-0.2, -0.15) is 4.31 Å². The number of nitrogens with two attached hydrogens (primary N) is 1. The maximum absolute atomic E-state index is 12.6. The summed E-state index contributed by atoms with van der Waals surface area (Å²) in [5.74, 6) is -0.361. The van der Waals surface area contributed by atoms with Crippen LogP contribution in [0.15, 0.2) is 59.5 Å². The molecule has 0 radical (unpaired) electrons. The molecule has 1 atom stereocenters. The van der Waals surface area contributed by atoms with E-state index in [9.17, 15) is 13.2 Å². The fourth-order valence-electron chi connectivity index (χ4n) is 2.36. The molecular weight excluding hydrogens is 386 g/mol. The summed E-state index contributed by atoms with van der Waals surface area (Å²) in [6.07, 6.45) is 0. The smallest absolute Gasteiger partial charge is 0.251 e. The highest BCUT2D eigenvalue weighted by Crippen LogP contribution is 2.18. The lowest BCUT2D eigenvalue weighted by Gasteiger charge is -2.21. The largest absolute Gasteiger partial charge is 0.350 e. The number of carbonyl (C=O) groups excluding carboxylic acids is 1. The highest BCUT2D eigenvalue weighted by molar-refractivity contribution is 7.89. The van der Waals surface area contributed by atoms with Gasteiger partial charge in [-0.15, -0.1) is 12.4 Å². The van der Waals surface area contributed by atoms with Gasteiger partial charge < -0.3 is 11.1 Å². The molecule has 2 aromatic rings. The van der Waals surface area contributed by atoms with Gasteiger partial charge in [-0.1, -0.05) is 36.4 Å². The van der Waals surface area contributed by atoms with Crippen molar-refractivity contribution in [2.75, 3.05) is 13.6 Å². The molecule has 1 amide bonds.